The Labute approximate surface area is 95.9 Å². The van der Waals surface area contributed by atoms with Crippen LogP contribution in [0.5, 0.6) is 0 Å². The van der Waals surface area contributed by atoms with Gasteiger partial charge in [-0.1, -0.05) is 12.1 Å². The van der Waals surface area contributed by atoms with Crippen LogP contribution in [0.25, 0.3) is 0 Å². The van der Waals surface area contributed by atoms with Crippen LogP contribution in [0, 0.1) is 0 Å². The summed E-state index contributed by atoms with van der Waals surface area (Å²) in [5, 5.41) is 6.57. The molecule has 0 amide bonds. The van der Waals surface area contributed by atoms with Gasteiger partial charge in [-0.15, -0.1) is 0 Å². The van der Waals surface area contributed by atoms with Crippen LogP contribution in [0.15, 0.2) is 36.7 Å². The molecule has 0 unspecified atom stereocenters. The van der Waals surface area contributed by atoms with Crippen molar-refractivity contribution in [3.63, 3.8) is 0 Å². The average molecular weight is 241 g/mol. The van der Waals surface area contributed by atoms with Crippen LogP contribution in [0.1, 0.15) is 5.56 Å². The number of hydrogen-bond acceptors (Lipinski definition) is 2. The highest BCUT2D eigenvalue weighted by atomic mass is 19.4. The van der Waals surface area contributed by atoms with Gasteiger partial charge in [-0.25, -0.2) is 0 Å². The van der Waals surface area contributed by atoms with E-state index in [1.165, 1.54) is 23.0 Å². The van der Waals surface area contributed by atoms with Crippen LogP contribution in [0.4, 0.5) is 24.5 Å². The highest BCUT2D eigenvalue weighted by molar-refractivity contribution is 5.62. The van der Waals surface area contributed by atoms with Gasteiger partial charge < -0.3 is 5.32 Å². The van der Waals surface area contributed by atoms with Crippen molar-refractivity contribution >= 4 is 11.4 Å². The normalized spacial score (nSPS) is 11.5. The molecule has 0 saturated heterocycles. The zero-order valence-electron chi connectivity index (χ0n) is 8.99. The topological polar surface area (TPSA) is 29.9 Å². The molecule has 0 bridgehead atoms. The highest BCUT2D eigenvalue weighted by Crippen LogP contribution is 2.35. The maximum absolute atomic E-state index is 12.7. The molecule has 0 spiro atoms. The number of alkyl halides is 3. The molecule has 1 aromatic heterocycles. The number of benzene rings is 1. The van der Waals surface area contributed by atoms with Crippen molar-refractivity contribution < 1.29 is 13.2 Å². The maximum Gasteiger partial charge on any atom is 0.418 e. The molecule has 0 aliphatic heterocycles. The van der Waals surface area contributed by atoms with E-state index in [1.54, 1.807) is 19.3 Å². The number of anilines is 2. The van der Waals surface area contributed by atoms with Crippen LogP contribution in [0.2, 0.25) is 0 Å². The minimum absolute atomic E-state index is 0.0213. The molecule has 0 saturated carbocycles. The van der Waals surface area contributed by atoms with Gasteiger partial charge in [-0.3, -0.25) is 4.68 Å². The lowest BCUT2D eigenvalue weighted by Gasteiger charge is -2.12. The molecule has 90 valence electrons. The first kappa shape index (κ1) is 11.5. The highest BCUT2D eigenvalue weighted by Gasteiger charge is 2.33. The van der Waals surface area contributed by atoms with Crippen LogP contribution in [-0.4, -0.2) is 9.78 Å². The first-order valence-corrected chi connectivity index (χ1v) is 4.89. The summed E-state index contributed by atoms with van der Waals surface area (Å²) in [6.45, 7) is 0. The van der Waals surface area contributed by atoms with Gasteiger partial charge >= 0.3 is 6.18 Å². The van der Waals surface area contributed by atoms with Crippen molar-refractivity contribution in [3.8, 4) is 0 Å². The van der Waals surface area contributed by atoms with Gasteiger partial charge in [0.2, 0.25) is 0 Å². The molecule has 1 N–H and O–H groups in total. The fourth-order valence-corrected chi connectivity index (χ4v) is 1.48. The van der Waals surface area contributed by atoms with E-state index >= 15 is 0 Å². The quantitative estimate of drug-likeness (QED) is 0.875. The standard InChI is InChI=1S/C11H10F3N3/c1-17-7-8(6-15-17)16-10-5-3-2-4-9(10)11(12,13)14/h2-7,16H,1H3. The predicted octanol–water partition coefficient (Wildman–Crippen LogP) is 3.18. The summed E-state index contributed by atoms with van der Waals surface area (Å²) in [7, 11) is 1.70. The van der Waals surface area contributed by atoms with E-state index in [9.17, 15) is 13.2 Å². The van der Waals surface area contributed by atoms with Crippen molar-refractivity contribution in [2.24, 2.45) is 7.05 Å². The summed E-state index contributed by atoms with van der Waals surface area (Å²) < 4.78 is 39.6. The zero-order valence-corrected chi connectivity index (χ0v) is 8.99. The van der Waals surface area contributed by atoms with E-state index in [0.29, 0.717) is 5.69 Å². The van der Waals surface area contributed by atoms with Crippen LogP contribution >= 0.6 is 0 Å². The summed E-state index contributed by atoms with van der Waals surface area (Å²) >= 11 is 0. The lowest BCUT2D eigenvalue weighted by atomic mass is 10.1. The molecule has 1 heterocycles. The third-order valence-electron chi connectivity index (χ3n) is 2.22. The van der Waals surface area contributed by atoms with Gasteiger partial charge in [0, 0.05) is 13.2 Å². The first-order chi connectivity index (χ1) is 7.97. The number of para-hydroxylation sites is 1. The second-order valence-electron chi connectivity index (χ2n) is 3.57. The van der Waals surface area contributed by atoms with E-state index in [0.717, 1.165) is 6.07 Å². The van der Waals surface area contributed by atoms with Crippen LogP contribution in [0.3, 0.4) is 0 Å². The number of aromatic nitrogens is 2. The molecule has 0 aliphatic rings. The SMILES string of the molecule is Cn1cc(Nc2ccccc2C(F)(F)F)cn1. The summed E-state index contributed by atoms with van der Waals surface area (Å²) in [4.78, 5) is 0. The Hall–Kier alpha value is -1.98. The molecule has 1 aromatic carbocycles. The molecule has 0 aliphatic carbocycles. The van der Waals surface area contributed by atoms with Gasteiger partial charge in [-0.2, -0.15) is 18.3 Å². The first-order valence-electron chi connectivity index (χ1n) is 4.89. The Bertz CT molecular complexity index is 517. The molecular formula is C11H10F3N3. The zero-order chi connectivity index (χ0) is 12.5. The Morgan fingerprint density at radius 2 is 1.94 bits per heavy atom. The van der Waals surface area contributed by atoms with E-state index in [-0.39, 0.29) is 5.69 Å². The molecule has 17 heavy (non-hydrogen) atoms. The van der Waals surface area contributed by atoms with Gasteiger partial charge in [0.05, 0.1) is 23.1 Å². The van der Waals surface area contributed by atoms with Gasteiger partial charge in [0.15, 0.2) is 0 Å². The fourth-order valence-electron chi connectivity index (χ4n) is 1.48. The Morgan fingerprint density at radius 3 is 2.53 bits per heavy atom. The monoisotopic (exact) mass is 241 g/mol. The predicted molar refractivity (Wildman–Crippen MR) is 57.9 cm³/mol. The summed E-state index contributed by atoms with van der Waals surface area (Å²) in [5.74, 6) is 0. The molecule has 3 nitrogen and oxygen atoms in total. The van der Waals surface area contributed by atoms with Crippen molar-refractivity contribution in [1.82, 2.24) is 9.78 Å². The van der Waals surface area contributed by atoms with E-state index in [4.69, 9.17) is 0 Å². The van der Waals surface area contributed by atoms with Crippen molar-refractivity contribution in [3.05, 3.63) is 42.2 Å². The Balaban J connectivity index is 2.33. The summed E-state index contributed by atoms with van der Waals surface area (Å²) in [6.07, 6.45) is -1.30. The van der Waals surface area contributed by atoms with E-state index in [2.05, 4.69) is 10.4 Å². The number of halogens is 3. The molecule has 6 heteroatoms. The Kier molecular flexibility index (Phi) is 2.79. The number of rotatable bonds is 2. The van der Waals surface area contributed by atoms with Gasteiger partial charge in [-0.05, 0) is 12.1 Å². The number of aryl methyl sites for hydroxylation is 1. The molecule has 0 radical (unpaired) electrons. The van der Waals surface area contributed by atoms with Crippen molar-refractivity contribution in [2.45, 2.75) is 6.18 Å². The molecule has 0 fully saturated rings. The van der Waals surface area contributed by atoms with Crippen LogP contribution < -0.4 is 5.32 Å². The van der Waals surface area contributed by atoms with E-state index < -0.39 is 11.7 Å². The molecule has 2 rings (SSSR count). The number of nitrogens with zero attached hydrogens (tertiary/aromatic N) is 2. The van der Waals surface area contributed by atoms with Gasteiger partial charge in [0.25, 0.3) is 0 Å². The Morgan fingerprint density at radius 1 is 1.24 bits per heavy atom. The molecule has 2 aromatic rings. The second-order valence-corrected chi connectivity index (χ2v) is 3.57. The third kappa shape index (κ3) is 2.58. The molecular weight excluding hydrogens is 231 g/mol. The number of hydrogen-bond donors (Lipinski definition) is 1. The lowest BCUT2D eigenvalue weighted by Crippen LogP contribution is -2.08. The minimum atomic E-state index is -4.37. The average Bonchev–Trinajstić information content (AvgIpc) is 2.63. The van der Waals surface area contributed by atoms with Crippen LogP contribution in [-0.2, 0) is 13.2 Å². The third-order valence-corrected chi connectivity index (χ3v) is 2.22. The second kappa shape index (κ2) is 4.12. The van der Waals surface area contributed by atoms with Gasteiger partial charge in [0.1, 0.15) is 0 Å². The smallest absolute Gasteiger partial charge is 0.352 e. The number of nitrogens with one attached hydrogen (secondary N) is 1. The van der Waals surface area contributed by atoms with Crippen molar-refractivity contribution in [2.75, 3.05) is 5.32 Å². The largest absolute Gasteiger partial charge is 0.418 e. The lowest BCUT2D eigenvalue weighted by molar-refractivity contribution is -0.136. The maximum atomic E-state index is 12.7. The van der Waals surface area contributed by atoms with E-state index in [1.807, 2.05) is 0 Å². The minimum Gasteiger partial charge on any atom is -0.352 e. The summed E-state index contributed by atoms with van der Waals surface area (Å²) in [5.41, 5.74) is -0.152. The van der Waals surface area contributed by atoms with Crippen molar-refractivity contribution in [1.29, 1.82) is 0 Å². The molecule has 0 atom stereocenters. The fraction of sp³-hybridized carbons (Fsp3) is 0.182. The summed E-state index contributed by atoms with van der Waals surface area (Å²) in [6, 6.07) is 5.33.